The van der Waals surface area contributed by atoms with Gasteiger partial charge in [0, 0.05) is 24.9 Å². The Morgan fingerprint density at radius 2 is 1.94 bits per heavy atom. The standard InChI is InChI=1S/C14H28N2O/c1-3-4-5-6-8-13(17)16-12-14(11-15-2)9-7-10-14/h15H,3-12H2,1-2H3,(H,16,17). The van der Waals surface area contributed by atoms with Crippen molar-refractivity contribution in [3.8, 4) is 0 Å². The van der Waals surface area contributed by atoms with Gasteiger partial charge in [0.1, 0.15) is 0 Å². The minimum absolute atomic E-state index is 0.239. The summed E-state index contributed by atoms with van der Waals surface area (Å²) < 4.78 is 0. The summed E-state index contributed by atoms with van der Waals surface area (Å²) in [5.74, 6) is 0.239. The lowest BCUT2D eigenvalue weighted by molar-refractivity contribution is -0.122. The fourth-order valence-corrected chi connectivity index (χ4v) is 2.55. The van der Waals surface area contributed by atoms with Crippen LogP contribution < -0.4 is 10.6 Å². The van der Waals surface area contributed by atoms with E-state index in [1.54, 1.807) is 0 Å². The Bertz CT molecular complexity index is 224. The SMILES string of the molecule is CCCCCCC(=O)NCC1(CNC)CCC1. The fraction of sp³-hybridized carbons (Fsp3) is 0.929. The summed E-state index contributed by atoms with van der Waals surface area (Å²) in [7, 11) is 1.99. The molecule has 0 aromatic rings. The first-order chi connectivity index (χ1) is 8.22. The maximum absolute atomic E-state index is 11.7. The second-order valence-corrected chi connectivity index (χ2v) is 5.47. The first-order valence-electron chi connectivity index (χ1n) is 7.14. The molecule has 0 radical (unpaired) electrons. The first-order valence-corrected chi connectivity index (χ1v) is 7.14. The van der Waals surface area contributed by atoms with Crippen molar-refractivity contribution in [3.63, 3.8) is 0 Å². The van der Waals surface area contributed by atoms with Crippen molar-refractivity contribution < 1.29 is 4.79 Å². The van der Waals surface area contributed by atoms with Crippen LogP contribution in [0.5, 0.6) is 0 Å². The molecule has 0 aromatic carbocycles. The van der Waals surface area contributed by atoms with Gasteiger partial charge in [0.05, 0.1) is 0 Å². The fourth-order valence-electron chi connectivity index (χ4n) is 2.55. The summed E-state index contributed by atoms with van der Waals surface area (Å²) in [6.07, 6.45) is 9.23. The molecule has 3 heteroatoms. The highest BCUT2D eigenvalue weighted by Crippen LogP contribution is 2.39. The lowest BCUT2D eigenvalue weighted by Crippen LogP contribution is -2.47. The molecule has 3 nitrogen and oxygen atoms in total. The van der Waals surface area contributed by atoms with Gasteiger partial charge < -0.3 is 10.6 Å². The van der Waals surface area contributed by atoms with Gasteiger partial charge in [-0.15, -0.1) is 0 Å². The number of carbonyl (C=O) groups is 1. The minimum Gasteiger partial charge on any atom is -0.355 e. The van der Waals surface area contributed by atoms with Crippen LogP contribution in [-0.4, -0.2) is 26.0 Å². The predicted octanol–water partition coefficient (Wildman–Crippen LogP) is 2.46. The zero-order valence-electron chi connectivity index (χ0n) is 11.5. The van der Waals surface area contributed by atoms with E-state index in [9.17, 15) is 4.79 Å². The molecule has 0 aromatic heterocycles. The van der Waals surface area contributed by atoms with Gasteiger partial charge in [-0.2, -0.15) is 0 Å². The predicted molar refractivity (Wildman–Crippen MR) is 72.0 cm³/mol. The minimum atomic E-state index is 0.239. The molecule has 17 heavy (non-hydrogen) atoms. The van der Waals surface area contributed by atoms with Gasteiger partial charge in [0.15, 0.2) is 0 Å². The molecule has 0 aliphatic heterocycles. The number of hydrogen-bond acceptors (Lipinski definition) is 2. The molecule has 1 rings (SSSR count). The van der Waals surface area contributed by atoms with E-state index in [2.05, 4.69) is 17.6 Å². The summed E-state index contributed by atoms with van der Waals surface area (Å²) >= 11 is 0. The molecule has 2 N–H and O–H groups in total. The average molecular weight is 240 g/mol. The third kappa shape index (κ3) is 5.07. The van der Waals surface area contributed by atoms with Gasteiger partial charge in [-0.1, -0.05) is 32.6 Å². The van der Waals surface area contributed by atoms with Crippen LogP contribution in [0.2, 0.25) is 0 Å². The van der Waals surface area contributed by atoms with Crippen LogP contribution in [0.3, 0.4) is 0 Å². The van der Waals surface area contributed by atoms with Crippen molar-refractivity contribution in [1.29, 1.82) is 0 Å². The summed E-state index contributed by atoms with van der Waals surface area (Å²) in [6.45, 7) is 4.09. The third-order valence-corrected chi connectivity index (χ3v) is 3.88. The summed E-state index contributed by atoms with van der Waals surface area (Å²) in [6, 6.07) is 0. The second kappa shape index (κ2) is 7.70. The molecule has 1 fully saturated rings. The number of amides is 1. The summed E-state index contributed by atoms with van der Waals surface area (Å²) in [4.78, 5) is 11.7. The van der Waals surface area contributed by atoms with E-state index < -0.39 is 0 Å². The molecule has 1 aliphatic rings. The number of hydrogen-bond donors (Lipinski definition) is 2. The Balaban J connectivity index is 2.10. The van der Waals surface area contributed by atoms with Crippen molar-refractivity contribution in [1.82, 2.24) is 10.6 Å². The van der Waals surface area contributed by atoms with E-state index >= 15 is 0 Å². The molecule has 0 unspecified atom stereocenters. The molecule has 0 spiro atoms. The molecule has 1 saturated carbocycles. The van der Waals surface area contributed by atoms with Crippen molar-refractivity contribution in [2.45, 2.75) is 58.3 Å². The molecular formula is C14H28N2O. The van der Waals surface area contributed by atoms with E-state index in [0.29, 0.717) is 11.8 Å². The topological polar surface area (TPSA) is 41.1 Å². The average Bonchev–Trinajstić information content (AvgIpc) is 2.28. The lowest BCUT2D eigenvalue weighted by atomic mass is 9.68. The molecule has 1 aliphatic carbocycles. The van der Waals surface area contributed by atoms with Crippen LogP contribution in [0, 0.1) is 5.41 Å². The Morgan fingerprint density at radius 1 is 1.18 bits per heavy atom. The Labute approximate surface area is 106 Å². The monoisotopic (exact) mass is 240 g/mol. The second-order valence-electron chi connectivity index (χ2n) is 5.47. The molecule has 100 valence electrons. The van der Waals surface area contributed by atoms with Crippen molar-refractivity contribution in [2.24, 2.45) is 5.41 Å². The highest BCUT2D eigenvalue weighted by molar-refractivity contribution is 5.75. The van der Waals surface area contributed by atoms with Crippen LogP contribution in [0.25, 0.3) is 0 Å². The van der Waals surface area contributed by atoms with Gasteiger partial charge in [0.2, 0.25) is 5.91 Å². The van der Waals surface area contributed by atoms with Gasteiger partial charge in [0.25, 0.3) is 0 Å². The zero-order chi connectivity index (χ0) is 12.6. The zero-order valence-corrected chi connectivity index (χ0v) is 11.5. The van der Waals surface area contributed by atoms with E-state index in [-0.39, 0.29) is 5.91 Å². The van der Waals surface area contributed by atoms with Gasteiger partial charge in [-0.25, -0.2) is 0 Å². The van der Waals surface area contributed by atoms with Crippen LogP contribution >= 0.6 is 0 Å². The first kappa shape index (κ1) is 14.5. The van der Waals surface area contributed by atoms with Crippen LogP contribution in [-0.2, 0) is 4.79 Å². The lowest BCUT2D eigenvalue weighted by Gasteiger charge is -2.42. The maximum Gasteiger partial charge on any atom is 0.220 e. The Hall–Kier alpha value is -0.570. The normalized spacial score (nSPS) is 17.5. The molecule has 0 heterocycles. The van der Waals surface area contributed by atoms with Crippen LogP contribution in [0.15, 0.2) is 0 Å². The van der Waals surface area contributed by atoms with Crippen molar-refractivity contribution in [3.05, 3.63) is 0 Å². The van der Waals surface area contributed by atoms with E-state index in [1.165, 1.54) is 38.5 Å². The molecular weight excluding hydrogens is 212 g/mol. The quantitative estimate of drug-likeness (QED) is 0.608. The van der Waals surface area contributed by atoms with Gasteiger partial charge in [-0.05, 0) is 26.3 Å². The maximum atomic E-state index is 11.7. The van der Waals surface area contributed by atoms with Crippen LogP contribution in [0.1, 0.15) is 58.3 Å². The molecule has 0 bridgehead atoms. The summed E-state index contributed by atoms with van der Waals surface area (Å²) in [5, 5.41) is 6.35. The highest BCUT2D eigenvalue weighted by atomic mass is 16.1. The summed E-state index contributed by atoms with van der Waals surface area (Å²) in [5.41, 5.74) is 0.355. The number of unbranched alkanes of at least 4 members (excludes halogenated alkanes) is 3. The third-order valence-electron chi connectivity index (χ3n) is 3.88. The van der Waals surface area contributed by atoms with Crippen molar-refractivity contribution in [2.75, 3.05) is 20.1 Å². The van der Waals surface area contributed by atoms with E-state index in [4.69, 9.17) is 0 Å². The Kier molecular flexibility index (Phi) is 6.56. The number of nitrogens with one attached hydrogen (secondary N) is 2. The number of rotatable bonds is 9. The van der Waals surface area contributed by atoms with E-state index in [0.717, 1.165) is 19.5 Å². The molecule has 0 saturated heterocycles. The van der Waals surface area contributed by atoms with Crippen molar-refractivity contribution >= 4 is 5.91 Å². The largest absolute Gasteiger partial charge is 0.355 e. The smallest absolute Gasteiger partial charge is 0.220 e. The molecule has 1 amide bonds. The van der Waals surface area contributed by atoms with Crippen LogP contribution in [0.4, 0.5) is 0 Å². The molecule has 0 atom stereocenters. The highest BCUT2D eigenvalue weighted by Gasteiger charge is 2.36. The van der Waals surface area contributed by atoms with Gasteiger partial charge in [-0.3, -0.25) is 4.79 Å². The Morgan fingerprint density at radius 3 is 2.47 bits per heavy atom. The number of carbonyl (C=O) groups excluding carboxylic acids is 1. The van der Waals surface area contributed by atoms with Gasteiger partial charge >= 0.3 is 0 Å². The van der Waals surface area contributed by atoms with E-state index in [1.807, 2.05) is 7.05 Å².